The number of fused-ring (bicyclic) bond motifs is 1. The molecule has 0 aliphatic carbocycles. The SMILES string of the molecule is CC(C)c1ccc(C[NH+](C)Cn2c(=O)oc3ccccc32)cc1. The molecule has 0 amide bonds. The number of nitrogens with one attached hydrogen (secondary N) is 1. The summed E-state index contributed by atoms with van der Waals surface area (Å²) in [7, 11) is 2.09. The van der Waals surface area contributed by atoms with Gasteiger partial charge in [-0.25, -0.2) is 9.36 Å². The van der Waals surface area contributed by atoms with Crippen LogP contribution in [0.25, 0.3) is 11.1 Å². The normalized spacial score (nSPS) is 12.9. The van der Waals surface area contributed by atoms with Crippen molar-refractivity contribution >= 4 is 11.1 Å². The molecule has 2 aromatic carbocycles. The largest absolute Gasteiger partial charge is 0.424 e. The van der Waals surface area contributed by atoms with Gasteiger partial charge in [-0.2, -0.15) is 0 Å². The second-order valence-electron chi connectivity index (χ2n) is 6.45. The smallest absolute Gasteiger partial charge is 0.408 e. The third kappa shape index (κ3) is 3.37. The van der Waals surface area contributed by atoms with Crippen molar-refractivity contribution < 1.29 is 9.32 Å². The molecule has 4 heteroatoms. The molecule has 120 valence electrons. The van der Waals surface area contributed by atoms with Crippen LogP contribution in [0.3, 0.4) is 0 Å². The zero-order chi connectivity index (χ0) is 16.4. The van der Waals surface area contributed by atoms with Crippen molar-refractivity contribution in [3.8, 4) is 0 Å². The molecule has 0 saturated heterocycles. The quantitative estimate of drug-likeness (QED) is 0.786. The third-order valence-electron chi connectivity index (χ3n) is 4.15. The average molecular weight is 311 g/mol. The van der Waals surface area contributed by atoms with Gasteiger partial charge in [-0.15, -0.1) is 0 Å². The Hall–Kier alpha value is -2.33. The van der Waals surface area contributed by atoms with Gasteiger partial charge < -0.3 is 9.32 Å². The second kappa shape index (κ2) is 6.42. The van der Waals surface area contributed by atoms with Crippen LogP contribution in [0.2, 0.25) is 0 Å². The molecular weight excluding hydrogens is 288 g/mol. The highest BCUT2D eigenvalue weighted by Crippen LogP contribution is 2.14. The topological polar surface area (TPSA) is 39.6 Å². The lowest BCUT2D eigenvalue weighted by atomic mass is 10.0. The van der Waals surface area contributed by atoms with Crippen molar-refractivity contribution in [1.29, 1.82) is 0 Å². The molecule has 0 bridgehead atoms. The highest BCUT2D eigenvalue weighted by Gasteiger charge is 2.13. The number of quaternary nitrogens is 1. The van der Waals surface area contributed by atoms with Crippen LogP contribution in [-0.4, -0.2) is 11.6 Å². The fourth-order valence-electron chi connectivity index (χ4n) is 2.86. The number of nitrogens with zero attached hydrogens (tertiary/aromatic N) is 1. The zero-order valence-electron chi connectivity index (χ0n) is 13.9. The molecule has 1 N–H and O–H groups in total. The van der Waals surface area contributed by atoms with Gasteiger partial charge >= 0.3 is 5.76 Å². The number of aromatic nitrogens is 1. The maximum atomic E-state index is 12.0. The van der Waals surface area contributed by atoms with Crippen LogP contribution in [0.5, 0.6) is 0 Å². The molecule has 0 aliphatic heterocycles. The monoisotopic (exact) mass is 311 g/mol. The molecule has 1 unspecified atom stereocenters. The van der Waals surface area contributed by atoms with Crippen molar-refractivity contribution in [1.82, 2.24) is 4.57 Å². The van der Waals surface area contributed by atoms with Crippen LogP contribution in [0.4, 0.5) is 0 Å². The van der Waals surface area contributed by atoms with E-state index in [2.05, 4.69) is 45.2 Å². The summed E-state index contributed by atoms with van der Waals surface area (Å²) in [6.07, 6.45) is 0. The molecule has 0 aliphatic rings. The van der Waals surface area contributed by atoms with Crippen LogP contribution in [0, 0.1) is 0 Å². The Morgan fingerprint density at radius 1 is 1.09 bits per heavy atom. The first-order chi connectivity index (χ1) is 11.0. The molecule has 1 heterocycles. The van der Waals surface area contributed by atoms with Crippen molar-refractivity contribution in [2.24, 2.45) is 0 Å². The first-order valence-corrected chi connectivity index (χ1v) is 8.03. The Labute approximate surface area is 136 Å². The fourth-order valence-corrected chi connectivity index (χ4v) is 2.86. The molecular formula is C19H23N2O2+. The van der Waals surface area contributed by atoms with Gasteiger partial charge in [0.05, 0.1) is 12.6 Å². The summed E-state index contributed by atoms with van der Waals surface area (Å²) in [5, 5.41) is 0. The summed E-state index contributed by atoms with van der Waals surface area (Å²) in [5.41, 5.74) is 4.12. The van der Waals surface area contributed by atoms with Gasteiger partial charge in [0.15, 0.2) is 12.3 Å². The van der Waals surface area contributed by atoms with E-state index in [1.165, 1.54) is 16.0 Å². The minimum atomic E-state index is -0.291. The Balaban J connectivity index is 1.74. The summed E-state index contributed by atoms with van der Waals surface area (Å²) in [4.78, 5) is 13.3. The second-order valence-corrected chi connectivity index (χ2v) is 6.45. The zero-order valence-corrected chi connectivity index (χ0v) is 13.9. The minimum absolute atomic E-state index is 0.291. The summed E-state index contributed by atoms with van der Waals surface area (Å²) >= 11 is 0. The van der Waals surface area contributed by atoms with E-state index in [1.54, 1.807) is 4.57 Å². The summed E-state index contributed by atoms with van der Waals surface area (Å²) in [6.45, 7) is 5.84. The van der Waals surface area contributed by atoms with Gasteiger partial charge in [0.25, 0.3) is 0 Å². The first-order valence-electron chi connectivity index (χ1n) is 8.03. The lowest BCUT2D eigenvalue weighted by molar-refractivity contribution is -0.916. The number of hydrogen-bond acceptors (Lipinski definition) is 2. The van der Waals surface area contributed by atoms with Gasteiger partial charge in [-0.3, -0.25) is 0 Å². The summed E-state index contributed by atoms with van der Waals surface area (Å²) in [5.74, 6) is 0.255. The van der Waals surface area contributed by atoms with Gasteiger partial charge in [-0.1, -0.05) is 50.2 Å². The van der Waals surface area contributed by atoms with E-state index in [0.717, 1.165) is 12.1 Å². The number of benzene rings is 2. The summed E-state index contributed by atoms with van der Waals surface area (Å²) < 4.78 is 6.99. The number of para-hydroxylation sites is 2. The van der Waals surface area contributed by atoms with Gasteiger partial charge in [0.2, 0.25) is 0 Å². The highest BCUT2D eigenvalue weighted by molar-refractivity contribution is 5.72. The van der Waals surface area contributed by atoms with Gasteiger partial charge in [0.1, 0.15) is 6.54 Å². The fraction of sp³-hybridized carbons (Fsp3) is 0.316. The molecule has 3 aromatic rings. The van der Waals surface area contributed by atoms with Crippen molar-refractivity contribution in [3.63, 3.8) is 0 Å². The average Bonchev–Trinajstić information content (AvgIpc) is 2.84. The third-order valence-corrected chi connectivity index (χ3v) is 4.15. The number of hydrogen-bond donors (Lipinski definition) is 1. The molecule has 3 rings (SSSR count). The Morgan fingerprint density at radius 3 is 2.48 bits per heavy atom. The van der Waals surface area contributed by atoms with Crippen molar-refractivity contribution in [2.75, 3.05) is 7.05 Å². The van der Waals surface area contributed by atoms with Crippen LogP contribution < -0.4 is 10.7 Å². The molecule has 0 saturated carbocycles. The Bertz CT molecular complexity index is 844. The van der Waals surface area contributed by atoms with E-state index in [1.807, 2.05) is 24.3 Å². The maximum absolute atomic E-state index is 12.0. The first kappa shape index (κ1) is 15.6. The lowest BCUT2D eigenvalue weighted by Gasteiger charge is -2.15. The van der Waals surface area contributed by atoms with E-state index in [9.17, 15) is 4.79 Å². The Morgan fingerprint density at radius 2 is 1.78 bits per heavy atom. The van der Waals surface area contributed by atoms with Gasteiger partial charge in [-0.05, 0) is 23.6 Å². The van der Waals surface area contributed by atoms with Crippen LogP contribution in [0.1, 0.15) is 30.9 Å². The van der Waals surface area contributed by atoms with Crippen LogP contribution in [0.15, 0.2) is 57.7 Å². The summed E-state index contributed by atoms with van der Waals surface area (Å²) in [6, 6.07) is 16.3. The molecule has 0 spiro atoms. The predicted molar refractivity (Wildman–Crippen MR) is 91.6 cm³/mol. The molecule has 1 atom stereocenters. The van der Waals surface area contributed by atoms with E-state index in [0.29, 0.717) is 18.2 Å². The number of oxazole rings is 1. The van der Waals surface area contributed by atoms with Crippen molar-refractivity contribution in [2.45, 2.75) is 33.0 Å². The molecule has 0 fully saturated rings. The standard InChI is InChI=1S/C19H22N2O2/c1-14(2)16-10-8-15(9-11-16)12-20(3)13-21-17-6-4-5-7-18(17)23-19(21)22/h4-11,14H,12-13H2,1-3H3/p+1. The lowest BCUT2D eigenvalue weighted by Crippen LogP contribution is -3.07. The van der Waals surface area contributed by atoms with E-state index in [4.69, 9.17) is 4.42 Å². The molecule has 4 nitrogen and oxygen atoms in total. The molecule has 0 radical (unpaired) electrons. The van der Waals surface area contributed by atoms with Crippen LogP contribution >= 0.6 is 0 Å². The van der Waals surface area contributed by atoms with Crippen molar-refractivity contribution in [3.05, 3.63) is 70.2 Å². The van der Waals surface area contributed by atoms with Crippen LogP contribution in [-0.2, 0) is 13.2 Å². The van der Waals surface area contributed by atoms with E-state index >= 15 is 0 Å². The van der Waals surface area contributed by atoms with E-state index < -0.39 is 0 Å². The van der Waals surface area contributed by atoms with E-state index in [-0.39, 0.29) is 5.76 Å². The molecule has 1 aromatic heterocycles. The molecule has 23 heavy (non-hydrogen) atoms. The maximum Gasteiger partial charge on any atom is 0.424 e. The van der Waals surface area contributed by atoms with Gasteiger partial charge in [0, 0.05) is 5.56 Å². The highest BCUT2D eigenvalue weighted by atomic mass is 16.4. The minimum Gasteiger partial charge on any atom is -0.408 e. The predicted octanol–water partition coefficient (Wildman–Crippen LogP) is 2.39. The Kier molecular flexibility index (Phi) is 4.35. The number of rotatable bonds is 5.